The highest BCUT2D eigenvalue weighted by Gasteiger charge is 2.50. The van der Waals surface area contributed by atoms with Crippen LogP contribution >= 0.6 is 11.6 Å². The van der Waals surface area contributed by atoms with Gasteiger partial charge in [0, 0.05) is 24.2 Å². The van der Waals surface area contributed by atoms with E-state index in [1.54, 1.807) is 6.07 Å². The molecule has 2 aromatic rings. The van der Waals surface area contributed by atoms with E-state index >= 15 is 0 Å². The number of aliphatic hydroxyl groups is 1. The number of hydrogen-bond acceptors (Lipinski definition) is 3. The lowest BCUT2D eigenvalue weighted by molar-refractivity contribution is -0.110. The maximum Gasteiger partial charge on any atom is 0.257 e. The quantitative estimate of drug-likeness (QED) is 0.784. The van der Waals surface area contributed by atoms with Crippen LogP contribution in [0.4, 0.5) is 0 Å². The maximum atomic E-state index is 13.3. The second kappa shape index (κ2) is 7.25. The van der Waals surface area contributed by atoms with Crippen molar-refractivity contribution in [1.82, 2.24) is 9.88 Å². The van der Waals surface area contributed by atoms with Crippen LogP contribution in [0.1, 0.15) is 53.7 Å². The minimum absolute atomic E-state index is 0.0302. The summed E-state index contributed by atoms with van der Waals surface area (Å²) in [6.45, 7) is 2.38. The van der Waals surface area contributed by atoms with Crippen LogP contribution in [0.2, 0.25) is 5.15 Å². The molecule has 5 heteroatoms. The van der Waals surface area contributed by atoms with Gasteiger partial charge in [0.2, 0.25) is 0 Å². The van der Waals surface area contributed by atoms with Crippen LogP contribution in [0, 0.1) is 12.8 Å². The molecular weight excluding hydrogens is 360 g/mol. The van der Waals surface area contributed by atoms with Crippen molar-refractivity contribution in [3.05, 3.63) is 64.4 Å². The van der Waals surface area contributed by atoms with E-state index in [-0.39, 0.29) is 23.0 Å². The predicted octanol–water partition coefficient (Wildman–Crippen LogP) is 4.34. The third-order valence-electron chi connectivity index (χ3n) is 6.23. The lowest BCUT2D eigenvalue weighted by atomic mass is 9.66. The number of amides is 1. The van der Waals surface area contributed by atoms with Crippen LogP contribution in [0.3, 0.4) is 0 Å². The highest BCUT2D eigenvalue weighted by Crippen LogP contribution is 2.47. The van der Waals surface area contributed by atoms with E-state index in [0.717, 1.165) is 36.9 Å². The van der Waals surface area contributed by atoms with Crippen LogP contribution in [-0.4, -0.2) is 33.5 Å². The molecule has 4 rings (SSSR count). The summed E-state index contributed by atoms with van der Waals surface area (Å²) in [5, 5.41) is 11.9. The maximum absolute atomic E-state index is 13.3. The number of aromatic nitrogens is 1. The Morgan fingerprint density at radius 1 is 1.19 bits per heavy atom. The van der Waals surface area contributed by atoms with Gasteiger partial charge in [-0.05, 0) is 43.9 Å². The number of rotatable bonds is 2. The molecule has 0 unspecified atom stereocenters. The van der Waals surface area contributed by atoms with Gasteiger partial charge in [-0.1, -0.05) is 54.8 Å². The van der Waals surface area contributed by atoms with Crippen molar-refractivity contribution >= 4 is 17.5 Å². The molecule has 1 aliphatic heterocycles. The topological polar surface area (TPSA) is 53.4 Å². The Morgan fingerprint density at radius 2 is 1.93 bits per heavy atom. The standard InChI is InChI=1S/C22H25ClN2O2/c1-15-11-12-17(20(23)24-15)21(26)25-14-13-22(27,16-7-3-2-4-8-16)18-9-5-6-10-19(18)25/h2-4,7-8,11-12,18-19,27H,5-6,9-10,13-14H2,1H3/t18-,19+,22-/m0/s1. The second-order valence-electron chi connectivity index (χ2n) is 7.79. The van der Waals surface area contributed by atoms with E-state index < -0.39 is 5.60 Å². The normalized spacial score (nSPS) is 27.9. The molecule has 1 N–H and O–H groups in total. The van der Waals surface area contributed by atoms with Crippen molar-refractivity contribution in [3.8, 4) is 0 Å². The molecule has 0 spiro atoms. The molecular formula is C22H25ClN2O2. The Kier molecular flexibility index (Phi) is 4.95. The number of likely N-dealkylation sites (tertiary alicyclic amines) is 1. The minimum atomic E-state index is -0.877. The third kappa shape index (κ3) is 3.26. The fraction of sp³-hybridized carbons (Fsp3) is 0.455. The number of fused-ring (bicyclic) bond motifs is 1. The fourth-order valence-electron chi connectivity index (χ4n) is 4.86. The summed E-state index contributed by atoms with van der Waals surface area (Å²) >= 11 is 6.26. The fourth-order valence-corrected chi connectivity index (χ4v) is 5.14. The zero-order valence-electron chi connectivity index (χ0n) is 15.6. The number of halogens is 1. The average molecular weight is 385 g/mol. The van der Waals surface area contributed by atoms with Crippen molar-refractivity contribution in [3.63, 3.8) is 0 Å². The third-order valence-corrected chi connectivity index (χ3v) is 6.52. The first-order chi connectivity index (χ1) is 13.0. The number of carbonyl (C=O) groups excluding carboxylic acids is 1. The van der Waals surface area contributed by atoms with Gasteiger partial charge in [-0.15, -0.1) is 0 Å². The first-order valence-electron chi connectivity index (χ1n) is 9.73. The van der Waals surface area contributed by atoms with Crippen LogP contribution in [0.5, 0.6) is 0 Å². The molecule has 27 heavy (non-hydrogen) atoms. The Balaban J connectivity index is 1.66. The van der Waals surface area contributed by atoms with E-state index in [0.29, 0.717) is 18.5 Å². The van der Waals surface area contributed by atoms with Crippen molar-refractivity contribution in [2.75, 3.05) is 6.54 Å². The molecule has 1 amide bonds. The van der Waals surface area contributed by atoms with Crippen LogP contribution < -0.4 is 0 Å². The zero-order chi connectivity index (χ0) is 19.0. The monoisotopic (exact) mass is 384 g/mol. The van der Waals surface area contributed by atoms with E-state index in [4.69, 9.17) is 11.6 Å². The van der Waals surface area contributed by atoms with Crippen molar-refractivity contribution < 1.29 is 9.90 Å². The first kappa shape index (κ1) is 18.5. The molecule has 2 heterocycles. The smallest absolute Gasteiger partial charge is 0.257 e. The molecule has 1 aromatic heterocycles. The summed E-state index contributed by atoms with van der Waals surface area (Å²) in [5.74, 6) is -0.0250. The molecule has 142 valence electrons. The van der Waals surface area contributed by atoms with E-state index in [1.165, 1.54) is 0 Å². The molecule has 3 atom stereocenters. The number of aryl methyl sites for hydroxylation is 1. The number of benzene rings is 1. The van der Waals surface area contributed by atoms with Gasteiger partial charge in [0.1, 0.15) is 5.15 Å². The van der Waals surface area contributed by atoms with Crippen molar-refractivity contribution in [1.29, 1.82) is 0 Å². The Labute approximate surface area is 165 Å². The molecule has 1 saturated carbocycles. The van der Waals surface area contributed by atoms with Gasteiger partial charge in [0.15, 0.2) is 0 Å². The highest BCUT2D eigenvalue weighted by atomic mass is 35.5. The van der Waals surface area contributed by atoms with Gasteiger partial charge in [0.25, 0.3) is 5.91 Å². The van der Waals surface area contributed by atoms with Gasteiger partial charge < -0.3 is 10.0 Å². The largest absolute Gasteiger partial charge is 0.385 e. The number of pyridine rings is 1. The summed E-state index contributed by atoms with van der Waals surface area (Å²) in [6, 6.07) is 13.5. The van der Waals surface area contributed by atoms with Crippen LogP contribution in [0.15, 0.2) is 42.5 Å². The number of hydrogen-bond donors (Lipinski definition) is 1. The van der Waals surface area contributed by atoms with Crippen molar-refractivity contribution in [2.24, 2.45) is 5.92 Å². The summed E-state index contributed by atoms with van der Waals surface area (Å²) in [5.41, 5.74) is 1.34. The minimum Gasteiger partial charge on any atom is -0.385 e. The molecule has 0 bridgehead atoms. The average Bonchev–Trinajstić information content (AvgIpc) is 2.69. The van der Waals surface area contributed by atoms with Gasteiger partial charge in [-0.2, -0.15) is 0 Å². The Morgan fingerprint density at radius 3 is 2.67 bits per heavy atom. The zero-order valence-corrected chi connectivity index (χ0v) is 16.3. The van der Waals surface area contributed by atoms with Crippen molar-refractivity contribution in [2.45, 2.75) is 50.7 Å². The second-order valence-corrected chi connectivity index (χ2v) is 8.15. The molecule has 4 nitrogen and oxygen atoms in total. The van der Waals surface area contributed by atoms with E-state index in [9.17, 15) is 9.90 Å². The molecule has 1 aliphatic carbocycles. The molecule has 1 aromatic carbocycles. The molecule has 0 radical (unpaired) electrons. The van der Waals surface area contributed by atoms with Gasteiger partial charge in [-0.3, -0.25) is 4.79 Å². The van der Waals surface area contributed by atoms with Gasteiger partial charge >= 0.3 is 0 Å². The predicted molar refractivity (Wildman–Crippen MR) is 106 cm³/mol. The summed E-state index contributed by atoms with van der Waals surface area (Å²) in [6.07, 6.45) is 4.56. The van der Waals surface area contributed by atoms with Crippen LogP contribution in [-0.2, 0) is 5.60 Å². The Bertz CT molecular complexity index is 841. The molecule has 2 fully saturated rings. The number of nitrogens with zero attached hydrogens (tertiary/aromatic N) is 2. The number of carbonyl (C=O) groups is 1. The SMILES string of the molecule is Cc1ccc(C(=O)N2CC[C@](O)(c3ccccc3)[C@H]3CCCC[C@H]32)c(Cl)n1. The lowest BCUT2D eigenvalue weighted by Crippen LogP contribution is -2.59. The molecule has 1 saturated heterocycles. The summed E-state index contributed by atoms with van der Waals surface area (Å²) in [7, 11) is 0. The van der Waals surface area contributed by atoms with Crippen LogP contribution in [0.25, 0.3) is 0 Å². The highest BCUT2D eigenvalue weighted by molar-refractivity contribution is 6.32. The van der Waals surface area contributed by atoms with E-state index in [2.05, 4.69) is 4.98 Å². The summed E-state index contributed by atoms with van der Waals surface area (Å²) < 4.78 is 0. The summed E-state index contributed by atoms with van der Waals surface area (Å²) in [4.78, 5) is 19.4. The number of piperidine rings is 1. The lowest BCUT2D eigenvalue weighted by Gasteiger charge is -2.52. The Hall–Kier alpha value is -1.91. The first-order valence-corrected chi connectivity index (χ1v) is 10.1. The van der Waals surface area contributed by atoms with Gasteiger partial charge in [-0.25, -0.2) is 4.98 Å². The van der Waals surface area contributed by atoms with Gasteiger partial charge in [0.05, 0.1) is 11.2 Å². The molecule has 2 aliphatic rings. The van der Waals surface area contributed by atoms with E-state index in [1.807, 2.05) is 48.2 Å².